The van der Waals surface area contributed by atoms with Gasteiger partial charge < -0.3 is 4.98 Å². The summed E-state index contributed by atoms with van der Waals surface area (Å²) in [5.41, 5.74) is 4.33. The standard InChI is InChI=1S/C21H25N5O2S/c27-29(28,14-15-5-6-15)26-10-2-3-16(13-26)11-19-17(4-1-8-22-19)20-12-24-21-18(25-20)7-9-23-21/h1,4,7-9,12,15-16H,2-3,5-6,10-11,13-14H2,(H,23,24)/t16-/m1/s1. The van der Waals surface area contributed by atoms with Crippen LogP contribution in [0.3, 0.4) is 0 Å². The Labute approximate surface area is 170 Å². The van der Waals surface area contributed by atoms with Crippen LogP contribution in [0.15, 0.2) is 36.8 Å². The SMILES string of the molecule is O=S(=O)(CC1CC1)N1CCC[C@H](Cc2ncccc2-c2cnc3[nH]ccc3n2)C1. The minimum absolute atomic E-state index is 0.273. The monoisotopic (exact) mass is 411 g/mol. The maximum Gasteiger partial charge on any atom is 0.214 e. The van der Waals surface area contributed by atoms with Gasteiger partial charge in [0.05, 0.1) is 23.3 Å². The van der Waals surface area contributed by atoms with Gasteiger partial charge in [-0.3, -0.25) is 4.98 Å². The van der Waals surface area contributed by atoms with Gasteiger partial charge in [-0.2, -0.15) is 0 Å². The molecule has 1 atom stereocenters. The average molecular weight is 412 g/mol. The molecule has 0 unspecified atom stereocenters. The van der Waals surface area contributed by atoms with Crippen molar-refractivity contribution in [2.75, 3.05) is 18.8 Å². The van der Waals surface area contributed by atoms with Crippen molar-refractivity contribution in [2.24, 2.45) is 11.8 Å². The lowest BCUT2D eigenvalue weighted by atomic mass is 9.92. The van der Waals surface area contributed by atoms with Gasteiger partial charge in [-0.1, -0.05) is 0 Å². The van der Waals surface area contributed by atoms with Crippen LogP contribution in [0.25, 0.3) is 22.4 Å². The first kappa shape index (κ1) is 18.7. The minimum atomic E-state index is -3.14. The lowest BCUT2D eigenvalue weighted by Gasteiger charge is -2.32. The summed E-state index contributed by atoms with van der Waals surface area (Å²) in [6.45, 7) is 1.24. The zero-order valence-corrected chi connectivity index (χ0v) is 17.1. The van der Waals surface area contributed by atoms with Crippen LogP contribution >= 0.6 is 0 Å². The first-order chi connectivity index (χ1) is 14.1. The molecule has 3 aromatic rings. The summed E-state index contributed by atoms with van der Waals surface area (Å²) in [6, 6.07) is 5.84. The molecule has 1 aliphatic heterocycles. The topological polar surface area (TPSA) is 91.8 Å². The van der Waals surface area contributed by atoms with Gasteiger partial charge in [0.25, 0.3) is 0 Å². The first-order valence-electron chi connectivity index (χ1n) is 10.3. The Morgan fingerprint density at radius 3 is 2.90 bits per heavy atom. The van der Waals surface area contributed by atoms with Crippen LogP contribution in [0.2, 0.25) is 0 Å². The number of hydrogen-bond acceptors (Lipinski definition) is 5. The molecule has 1 saturated carbocycles. The molecule has 1 N–H and O–H groups in total. The Kier molecular flexibility index (Phi) is 4.83. The average Bonchev–Trinajstić information content (AvgIpc) is 3.40. The van der Waals surface area contributed by atoms with Crippen LogP contribution in [0.1, 0.15) is 31.4 Å². The second-order valence-electron chi connectivity index (χ2n) is 8.26. The van der Waals surface area contributed by atoms with Crippen LogP contribution in [0.5, 0.6) is 0 Å². The number of hydrogen-bond donors (Lipinski definition) is 1. The van der Waals surface area contributed by atoms with Crippen molar-refractivity contribution >= 4 is 21.2 Å². The number of pyridine rings is 1. The Bertz CT molecular complexity index is 1120. The van der Waals surface area contributed by atoms with E-state index in [2.05, 4.69) is 15.0 Å². The van der Waals surface area contributed by atoms with Crippen molar-refractivity contribution in [1.82, 2.24) is 24.2 Å². The molecule has 0 radical (unpaired) electrons. The molecule has 8 heteroatoms. The van der Waals surface area contributed by atoms with E-state index in [1.807, 2.05) is 24.4 Å². The molecule has 0 spiro atoms. The lowest BCUT2D eigenvalue weighted by molar-refractivity contribution is 0.264. The molecule has 0 amide bonds. The fourth-order valence-electron chi connectivity index (χ4n) is 4.20. The summed E-state index contributed by atoms with van der Waals surface area (Å²) in [5.74, 6) is 0.973. The lowest BCUT2D eigenvalue weighted by Crippen LogP contribution is -2.42. The maximum absolute atomic E-state index is 12.7. The summed E-state index contributed by atoms with van der Waals surface area (Å²) in [7, 11) is -3.14. The van der Waals surface area contributed by atoms with Gasteiger partial charge in [0.15, 0.2) is 5.65 Å². The number of fused-ring (bicyclic) bond motifs is 1. The van der Waals surface area contributed by atoms with E-state index in [4.69, 9.17) is 4.98 Å². The van der Waals surface area contributed by atoms with Crippen molar-refractivity contribution in [2.45, 2.75) is 32.1 Å². The number of nitrogens with zero attached hydrogens (tertiary/aromatic N) is 4. The third-order valence-electron chi connectivity index (χ3n) is 5.93. The highest BCUT2D eigenvalue weighted by atomic mass is 32.2. The third kappa shape index (κ3) is 4.04. The molecule has 2 fully saturated rings. The van der Waals surface area contributed by atoms with E-state index < -0.39 is 10.0 Å². The molecule has 2 aliphatic rings. The van der Waals surface area contributed by atoms with Gasteiger partial charge in [-0.15, -0.1) is 0 Å². The third-order valence-corrected chi connectivity index (χ3v) is 7.94. The molecule has 152 valence electrons. The largest absolute Gasteiger partial charge is 0.345 e. The number of rotatable bonds is 6. The molecular weight excluding hydrogens is 386 g/mol. The second kappa shape index (κ2) is 7.50. The number of sulfonamides is 1. The van der Waals surface area contributed by atoms with Gasteiger partial charge in [-0.05, 0) is 62.1 Å². The maximum atomic E-state index is 12.7. The van der Waals surface area contributed by atoms with Crippen molar-refractivity contribution in [1.29, 1.82) is 0 Å². The minimum Gasteiger partial charge on any atom is -0.345 e. The summed E-state index contributed by atoms with van der Waals surface area (Å²) in [4.78, 5) is 16.8. The molecule has 1 saturated heterocycles. The van der Waals surface area contributed by atoms with E-state index in [1.54, 1.807) is 16.7 Å². The molecule has 5 rings (SSSR count). The quantitative estimate of drug-likeness (QED) is 0.673. The second-order valence-corrected chi connectivity index (χ2v) is 10.3. The molecule has 7 nitrogen and oxygen atoms in total. The highest BCUT2D eigenvalue weighted by Gasteiger charge is 2.34. The van der Waals surface area contributed by atoms with E-state index in [9.17, 15) is 8.42 Å². The van der Waals surface area contributed by atoms with Gasteiger partial charge in [0, 0.05) is 31.0 Å². The van der Waals surface area contributed by atoms with Gasteiger partial charge in [0.2, 0.25) is 10.0 Å². The van der Waals surface area contributed by atoms with Crippen LogP contribution in [0.4, 0.5) is 0 Å². The molecule has 29 heavy (non-hydrogen) atoms. The molecular formula is C21H25N5O2S. The summed E-state index contributed by atoms with van der Waals surface area (Å²) < 4.78 is 27.1. The van der Waals surface area contributed by atoms with Crippen molar-refractivity contribution in [3.05, 3.63) is 42.5 Å². The fraction of sp³-hybridized carbons (Fsp3) is 0.476. The Morgan fingerprint density at radius 1 is 1.14 bits per heavy atom. The number of nitrogens with one attached hydrogen (secondary N) is 1. The van der Waals surface area contributed by atoms with E-state index in [-0.39, 0.29) is 5.92 Å². The predicted octanol–water partition coefficient (Wildman–Crippen LogP) is 3.01. The van der Waals surface area contributed by atoms with E-state index in [1.165, 1.54) is 0 Å². The number of aromatic amines is 1. The zero-order chi connectivity index (χ0) is 19.8. The van der Waals surface area contributed by atoms with Crippen LogP contribution in [-0.4, -0.2) is 51.5 Å². The van der Waals surface area contributed by atoms with Gasteiger partial charge >= 0.3 is 0 Å². The number of piperidine rings is 1. The number of aromatic nitrogens is 4. The van der Waals surface area contributed by atoms with Gasteiger partial charge in [-0.25, -0.2) is 22.7 Å². The van der Waals surface area contributed by atoms with Crippen molar-refractivity contribution in [3.63, 3.8) is 0 Å². The van der Waals surface area contributed by atoms with Crippen LogP contribution in [-0.2, 0) is 16.4 Å². The summed E-state index contributed by atoms with van der Waals surface area (Å²) in [6.07, 6.45) is 10.2. The predicted molar refractivity (Wildman–Crippen MR) is 112 cm³/mol. The number of H-pyrrole nitrogens is 1. The summed E-state index contributed by atoms with van der Waals surface area (Å²) in [5, 5.41) is 0. The highest BCUT2D eigenvalue weighted by Crippen LogP contribution is 2.33. The molecule has 4 heterocycles. The zero-order valence-electron chi connectivity index (χ0n) is 16.3. The van der Waals surface area contributed by atoms with Gasteiger partial charge in [0.1, 0.15) is 5.52 Å². The molecule has 0 aromatic carbocycles. The molecule has 0 bridgehead atoms. The Balaban J connectivity index is 1.36. The molecule has 3 aromatic heterocycles. The molecule has 1 aliphatic carbocycles. The van der Waals surface area contributed by atoms with E-state index >= 15 is 0 Å². The van der Waals surface area contributed by atoms with E-state index in [0.29, 0.717) is 24.8 Å². The Hall–Kier alpha value is -2.32. The van der Waals surface area contributed by atoms with Crippen LogP contribution in [0, 0.1) is 11.8 Å². The fourth-order valence-corrected chi connectivity index (χ4v) is 6.19. The normalized spacial score (nSPS) is 20.9. The van der Waals surface area contributed by atoms with Crippen molar-refractivity contribution < 1.29 is 8.42 Å². The summed E-state index contributed by atoms with van der Waals surface area (Å²) >= 11 is 0. The van der Waals surface area contributed by atoms with Crippen molar-refractivity contribution in [3.8, 4) is 11.3 Å². The Morgan fingerprint density at radius 2 is 2.03 bits per heavy atom. The highest BCUT2D eigenvalue weighted by molar-refractivity contribution is 7.89. The first-order valence-corrected chi connectivity index (χ1v) is 11.9. The smallest absolute Gasteiger partial charge is 0.214 e. The van der Waals surface area contributed by atoms with Crippen LogP contribution < -0.4 is 0 Å². The van der Waals surface area contributed by atoms with E-state index in [0.717, 1.165) is 60.2 Å².